The maximum Gasteiger partial charge on any atom is 0.165 e. The Labute approximate surface area is 89.2 Å². The molecule has 0 spiro atoms. The van der Waals surface area contributed by atoms with Gasteiger partial charge in [-0.25, -0.2) is 4.68 Å². The monoisotopic (exact) mass is 207 g/mol. The largest absolute Gasteiger partial charge is 0.307 e. The van der Waals surface area contributed by atoms with Gasteiger partial charge in [0, 0.05) is 6.04 Å². The highest BCUT2D eigenvalue weighted by Gasteiger charge is 2.37. The lowest BCUT2D eigenvalue weighted by Crippen LogP contribution is -2.40. The Kier molecular flexibility index (Phi) is 2.02. The fourth-order valence-electron chi connectivity index (χ4n) is 2.16. The van der Waals surface area contributed by atoms with Gasteiger partial charge in [-0.3, -0.25) is 0 Å². The number of nitrogens with zero attached hydrogens (tertiary/aromatic N) is 4. The van der Waals surface area contributed by atoms with E-state index >= 15 is 0 Å². The molecule has 1 aromatic rings. The Morgan fingerprint density at radius 3 is 2.87 bits per heavy atom. The summed E-state index contributed by atoms with van der Waals surface area (Å²) in [5.41, 5.74) is 0.185. The summed E-state index contributed by atoms with van der Waals surface area (Å²) in [7, 11) is 0. The van der Waals surface area contributed by atoms with Gasteiger partial charge in [0.15, 0.2) is 5.82 Å². The highest BCUT2D eigenvalue weighted by atomic mass is 15.6. The van der Waals surface area contributed by atoms with Crippen molar-refractivity contribution in [2.75, 3.05) is 0 Å². The zero-order valence-electron chi connectivity index (χ0n) is 9.11. The Balaban J connectivity index is 1.72. The number of rotatable bonds is 4. The second-order valence-electron chi connectivity index (χ2n) is 5.01. The van der Waals surface area contributed by atoms with Gasteiger partial charge in [-0.1, -0.05) is 0 Å². The Morgan fingerprint density at radius 1 is 1.47 bits per heavy atom. The molecule has 15 heavy (non-hydrogen) atoms. The van der Waals surface area contributed by atoms with Crippen molar-refractivity contribution < 1.29 is 0 Å². The summed E-state index contributed by atoms with van der Waals surface area (Å²) >= 11 is 0. The SMILES string of the molecule is CC1(n2nnnc2CNC2CC2)CCC1. The molecule has 2 aliphatic rings. The summed E-state index contributed by atoms with van der Waals surface area (Å²) < 4.78 is 2.02. The van der Waals surface area contributed by atoms with Gasteiger partial charge in [-0.15, -0.1) is 5.10 Å². The molecule has 1 aromatic heterocycles. The van der Waals surface area contributed by atoms with Crippen molar-refractivity contribution in [2.45, 2.75) is 57.2 Å². The summed E-state index contributed by atoms with van der Waals surface area (Å²) in [4.78, 5) is 0. The number of nitrogens with one attached hydrogen (secondary N) is 1. The molecule has 0 atom stereocenters. The fourth-order valence-corrected chi connectivity index (χ4v) is 2.16. The molecule has 5 heteroatoms. The second-order valence-corrected chi connectivity index (χ2v) is 5.01. The molecule has 0 aromatic carbocycles. The van der Waals surface area contributed by atoms with Gasteiger partial charge in [-0.2, -0.15) is 0 Å². The van der Waals surface area contributed by atoms with Crippen molar-refractivity contribution in [3.8, 4) is 0 Å². The third-order valence-electron chi connectivity index (χ3n) is 3.60. The molecule has 2 aliphatic carbocycles. The highest BCUT2D eigenvalue weighted by Crippen LogP contribution is 2.38. The van der Waals surface area contributed by atoms with Gasteiger partial charge in [-0.05, 0) is 49.5 Å². The van der Waals surface area contributed by atoms with Crippen LogP contribution in [0.5, 0.6) is 0 Å². The second kappa shape index (κ2) is 3.27. The topological polar surface area (TPSA) is 55.6 Å². The number of tetrazole rings is 1. The normalized spacial score (nSPS) is 23.8. The van der Waals surface area contributed by atoms with Crippen LogP contribution in [0.4, 0.5) is 0 Å². The summed E-state index contributed by atoms with van der Waals surface area (Å²) in [6, 6.07) is 0.712. The first-order valence-corrected chi connectivity index (χ1v) is 5.79. The molecular formula is C10H17N5. The lowest BCUT2D eigenvalue weighted by Gasteiger charge is -2.38. The number of hydrogen-bond acceptors (Lipinski definition) is 4. The molecule has 5 nitrogen and oxygen atoms in total. The minimum atomic E-state index is 0.185. The predicted octanol–water partition coefficient (Wildman–Crippen LogP) is 0.824. The van der Waals surface area contributed by atoms with Gasteiger partial charge in [0.2, 0.25) is 0 Å². The van der Waals surface area contributed by atoms with Crippen LogP contribution in [0, 0.1) is 0 Å². The van der Waals surface area contributed by atoms with Crippen molar-refractivity contribution in [2.24, 2.45) is 0 Å². The fraction of sp³-hybridized carbons (Fsp3) is 0.900. The van der Waals surface area contributed by atoms with E-state index in [1.54, 1.807) is 0 Å². The van der Waals surface area contributed by atoms with E-state index in [4.69, 9.17) is 0 Å². The van der Waals surface area contributed by atoms with E-state index in [0.29, 0.717) is 6.04 Å². The molecule has 3 rings (SSSR count). The Bertz CT molecular complexity index is 350. The maximum absolute atomic E-state index is 4.12. The van der Waals surface area contributed by atoms with Crippen molar-refractivity contribution in [3.05, 3.63) is 5.82 Å². The summed E-state index contributed by atoms with van der Waals surface area (Å²) in [5.74, 6) is 0.990. The molecule has 2 saturated carbocycles. The highest BCUT2D eigenvalue weighted by molar-refractivity contribution is 4.96. The third-order valence-corrected chi connectivity index (χ3v) is 3.60. The van der Waals surface area contributed by atoms with E-state index in [1.807, 2.05) is 4.68 Å². The molecular weight excluding hydrogens is 190 g/mol. The number of hydrogen-bond donors (Lipinski definition) is 1. The van der Waals surface area contributed by atoms with Crippen LogP contribution >= 0.6 is 0 Å². The molecule has 0 unspecified atom stereocenters. The van der Waals surface area contributed by atoms with E-state index in [-0.39, 0.29) is 5.54 Å². The molecule has 0 saturated heterocycles. The molecule has 0 amide bonds. The van der Waals surface area contributed by atoms with Gasteiger partial charge < -0.3 is 5.32 Å². The Hall–Kier alpha value is -0.970. The van der Waals surface area contributed by atoms with Crippen LogP contribution in [0.15, 0.2) is 0 Å². The van der Waals surface area contributed by atoms with Crippen molar-refractivity contribution in [1.29, 1.82) is 0 Å². The lowest BCUT2D eigenvalue weighted by atomic mass is 9.78. The first-order valence-electron chi connectivity index (χ1n) is 5.79. The van der Waals surface area contributed by atoms with Crippen LogP contribution in [0.25, 0.3) is 0 Å². The molecule has 1 N–H and O–H groups in total. The van der Waals surface area contributed by atoms with Crippen LogP contribution in [0.3, 0.4) is 0 Å². The van der Waals surface area contributed by atoms with Gasteiger partial charge >= 0.3 is 0 Å². The molecule has 0 radical (unpaired) electrons. The zero-order valence-corrected chi connectivity index (χ0v) is 9.11. The van der Waals surface area contributed by atoms with Gasteiger partial charge in [0.25, 0.3) is 0 Å². The standard InChI is InChI=1S/C10H17N5/c1-10(5-2-6-10)15-9(12-13-14-15)7-11-8-3-4-8/h8,11H,2-7H2,1H3. The predicted molar refractivity (Wildman–Crippen MR) is 55.2 cm³/mol. The Morgan fingerprint density at radius 2 is 2.27 bits per heavy atom. The van der Waals surface area contributed by atoms with Crippen LogP contribution in [0.2, 0.25) is 0 Å². The van der Waals surface area contributed by atoms with Crippen LogP contribution in [-0.4, -0.2) is 26.2 Å². The molecule has 0 bridgehead atoms. The van der Waals surface area contributed by atoms with Crippen LogP contribution in [-0.2, 0) is 12.1 Å². The average molecular weight is 207 g/mol. The first kappa shape index (κ1) is 9.27. The van der Waals surface area contributed by atoms with Crippen LogP contribution < -0.4 is 5.32 Å². The third kappa shape index (κ3) is 1.65. The lowest BCUT2D eigenvalue weighted by molar-refractivity contribution is 0.140. The molecule has 82 valence electrons. The van der Waals surface area contributed by atoms with Gasteiger partial charge in [0.05, 0.1) is 12.1 Å². The number of aromatic nitrogens is 4. The van der Waals surface area contributed by atoms with E-state index in [2.05, 4.69) is 27.8 Å². The van der Waals surface area contributed by atoms with Crippen LogP contribution in [0.1, 0.15) is 44.9 Å². The van der Waals surface area contributed by atoms with Crippen molar-refractivity contribution >= 4 is 0 Å². The molecule has 0 aliphatic heterocycles. The van der Waals surface area contributed by atoms with E-state index in [1.165, 1.54) is 32.1 Å². The quantitative estimate of drug-likeness (QED) is 0.794. The van der Waals surface area contributed by atoms with E-state index in [0.717, 1.165) is 12.4 Å². The molecule has 1 heterocycles. The van der Waals surface area contributed by atoms with Crippen molar-refractivity contribution in [3.63, 3.8) is 0 Å². The molecule has 2 fully saturated rings. The summed E-state index contributed by atoms with van der Waals surface area (Å²) in [6.07, 6.45) is 6.31. The zero-order chi connectivity index (χ0) is 10.3. The summed E-state index contributed by atoms with van der Waals surface area (Å²) in [5, 5.41) is 15.5. The van der Waals surface area contributed by atoms with E-state index < -0.39 is 0 Å². The minimum Gasteiger partial charge on any atom is -0.307 e. The minimum absolute atomic E-state index is 0.185. The van der Waals surface area contributed by atoms with E-state index in [9.17, 15) is 0 Å². The smallest absolute Gasteiger partial charge is 0.165 e. The maximum atomic E-state index is 4.12. The first-order chi connectivity index (χ1) is 7.28. The van der Waals surface area contributed by atoms with Crippen molar-refractivity contribution in [1.82, 2.24) is 25.5 Å². The van der Waals surface area contributed by atoms with Gasteiger partial charge in [0.1, 0.15) is 0 Å². The summed E-state index contributed by atoms with van der Waals surface area (Å²) in [6.45, 7) is 3.06. The average Bonchev–Trinajstić information content (AvgIpc) is 2.90.